The standard InChI is InChI=1S/C14H19NO4/c1-9(2)7-15-13(17)8-19-14(18)11-6-10(3)4-5-12(11)16/h4-6,9,16H,7-8H2,1-3H3,(H,15,17). The number of rotatable bonds is 5. The summed E-state index contributed by atoms with van der Waals surface area (Å²) in [6, 6.07) is 4.62. The van der Waals surface area contributed by atoms with Crippen molar-refractivity contribution in [2.45, 2.75) is 20.8 Å². The van der Waals surface area contributed by atoms with Crippen molar-refractivity contribution < 1.29 is 19.4 Å². The summed E-state index contributed by atoms with van der Waals surface area (Å²) in [5.41, 5.74) is 0.894. The Kier molecular flexibility index (Phi) is 5.36. The molecule has 0 unspecified atom stereocenters. The summed E-state index contributed by atoms with van der Waals surface area (Å²) in [6.07, 6.45) is 0. The number of benzene rings is 1. The van der Waals surface area contributed by atoms with Gasteiger partial charge in [0, 0.05) is 6.54 Å². The highest BCUT2D eigenvalue weighted by molar-refractivity contribution is 5.94. The van der Waals surface area contributed by atoms with E-state index in [2.05, 4.69) is 5.32 Å². The normalized spacial score (nSPS) is 10.3. The molecule has 1 aromatic carbocycles. The zero-order valence-corrected chi connectivity index (χ0v) is 11.4. The predicted molar refractivity (Wildman–Crippen MR) is 71.0 cm³/mol. The number of ether oxygens (including phenoxy) is 1. The summed E-state index contributed by atoms with van der Waals surface area (Å²) in [4.78, 5) is 23.1. The zero-order valence-electron chi connectivity index (χ0n) is 11.4. The van der Waals surface area contributed by atoms with E-state index in [1.807, 2.05) is 13.8 Å². The van der Waals surface area contributed by atoms with Crippen LogP contribution in [-0.2, 0) is 9.53 Å². The summed E-state index contributed by atoms with van der Waals surface area (Å²) < 4.78 is 4.85. The molecular formula is C14H19NO4. The van der Waals surface area contributed by atoms with Crippen LogP contribution < -0.4 is 5.32 Å². The summed E-state index contributed by atoms with van der Waals surface area (Å²) in [7, 11) is 0. The first-order chi connectivity index (χ1) is 8.90. The lowest BCUT2D eigenvalue weighted by molar-refractivity contribution is -0.124. The summed E-state index contributed by atoms with van der Waals surface area (Å²) >= 11 is 0. The van der Waals surface area contributed by atoms with E-state index >= 15 is 0 Å². The molecule has 0 saturated heterocycles. The van der Waals surface area contributed by atoms with Gasteiger partial charge in [0.1, 0.15) is 11.3 Å². The van der Waals surface area contributed by atoms with Crippen molar-refractivity contribution in [2.75, 3.05) is 13.2 Å². The number of aromatic hydroxyl groups is 1. The third-order valence-corrected chi connectivity index (χ3v) is 2.41. The fourth-order valence-electron chi connectivity index (χ4n) is 1.39. The van der Waals surface area contributed by atoms with Gasteiger partial charge in [-0.15, -0.1) is 0 Å². The van der Waals surface area contributed by atoms with E-state index in [0.717, 1.165) is 5.56 Å². The Balaban J connectivity index is 2.51. The second kappa shape index (κ2) is 6.78. The number of hydrogen-bond acceptors (Lipinski definition) is 4. The fraction of sp³-hybridized carbons (Fsp3) is 0.429. The first-order valence-electron chi connectivity index (χ1n) is 6.13. The van der Waals surface area contributed by atoms with Gasteiger partial charge in [-0.3, -0.25) is 4.79 Å². The second-order valence-corrected chi connectivity index (χ2v) is 4.79. The Morgan fingerprint density at radius 3 is 2.68 bits per heavy atom. The highest BCUT2D eigenvalue weighted by Crippen LogP contribution is 2.18. The first kappa shape index (κ1) is 15.0. The number of esters is 1. The predicted octanol–water partition coefficient (Wildman–Crippen LogP) is 1.63. The average molecular weight is 265 g/mol. The van der Waals surface area contributed by atoms with E-state index in [-0.39, 0.29) is 23.8 Å². The molecule has 0 aliphatic heterocycles. The van der Waals surface area contributed by atoms with E-state index in [1.165, 1.54) is 12.1 Å². The minimum atomic E-state index is -0.708. The van der Waals surface area contributed by atoms with Crippen LogP contribution >= 0.6 is 0 Å². The molecular weight excluding hydrogens is 246 g/mol. The minimum absolute atomic E-state index is 0.0664. The molecule has 104 valence electrons. The van der Waals surface area contributed by atoms with Crippen LogP contribution in [0.25, 0.3) is 0 Å². The van der Waals surface area contributed by atoms with E-state index < -0.39 is 5.97 Å². The lowest BCUT2D eigenvalue weighted by Gasteiger charge is -2.09. The molecule has 2 N–H and O–H groups in total. The van der Waals surface area contributed by atoms with Gasteiger partial charge in [-0.1, -0.05) is 25.5 Å². The van der Waals surface area contributed by atoms with Gasteiger partial charge >= 0.3 is 5.97 Å². The molecule has 1 amide bonds. The highest BCUT2D eigenvalue weighted by atomic mass is 16.5. The SMILES string of the molecule is Cc1ccc(O)c(C(=O)OCC(=O)NCC(C)C)c1. The van der Waals surface area contributed by atoms with Crippen LogP contribution in [0.15, 0.2) is 18.2 Å². The van der Waals surface area contributed by atoms with E-state index in [0.29, 0.717) is 12.5 Å². The van der Waals surface area contributed by atoms with Crippen LogP contribution in [0.1, 0.15) is 29.8 Å². The highest BCUT2D eigenvalue weighted by Gasteiger charge is 2.14. The number of amides is 1. The first-order valence-corrected chi connectivity index (χ1v) is 6.13. The molecule has 0 aliphatic carbocycles. The van der Waals surface area contributed by atoms with Gasteiger partial charge in [0.15, 0.2) is 6.61 Å². The molecule has 0 spiro atoms. The zero-order chi connectivity index (χ0) is 14.4. The van der Waals surface area contributed by atoms with E-state index in [1.54, 1.807) is 13.0 Å². The van der Waals surface area contributed by atoms with Gasteiger partial charge < -0.3 is 15.2 Å². The van der Waals surface area contributed by atoms with Gasteiger partial charge in [0.2, 0.25) is 0 Å². The topological polar surface area (TPSA) is 75.6 Å². The quantitative estimate of drug-likeness (QED) is 0.793. The van der Waals surface area contributed by atoms with Crippen LogP contribution in [0.3, 0.4) is 0 Å². The van der Waals surface area contributed by atoms with Crippen molar-refractivity contribution in [1.82, 2.24) is 5.32 Å². The number of nitrogens with one attached hydrogen (secondary N) is 1. The molecule has 19 heavy (non-hydrogen) atoms. The van der Waals surface area contributed by atoms with Gasteiger partial charge in [-0.05, 0) is 25.0 Å². The lowest BCUT2D eigenvalue weighted by atomic mass is 10.1. The van der Waals surface area contributed by atoms with Crippen LogP contribution in [0.4, 0.5) is 0 Å². The van der Waals surface area contributed by atoms with Crippen LogP contribution in [0, 0.1) is 12.8 Å². The van der Waals surface area contributed by atoms with Crippen LogP contribution in [0.5, 0.6) is 5.75 Å². The molecule has 5 nitrogen and oxygen atoms in total. The molecule has 1 rings (SSSR count). The monoisotopic (exact) mass is 265 g/mol. The maximum atomic E-state index is 11.7. The molecule has 0 atom stereocenters. The molecule has 0 radical (unpaired) electrons. The molecule has 5 heteroatoms. The smallest absolute Gasteiger partial charge is 0.342 e. The number of carbonyl (C=O) groups is 2. The Morgan fingerprint density at radius 1 is 1.37 bits per heavy atom. The van der Waals surface area contributed by atoms with Gasteiger partial charge in [-0.25, -0.2) is 4.79 Å². The Bertz CT molecular complexity index is 469. The summed E-state index contributed by atoms with van der Waals surface area (Å²) in [6.45, 7) is 5.92. The minimum Gasteiger partial charge on any atom is -0.507 e. The number of phenols is 1. The van der Waals surface area contributed by atoms with E-state index in [9.17, 15) is 14.7 Å². The third kappa shape index (κ3) is 4.99. The van der Waals surface area contributed by atoms with Gasteiger partial charge in [0.05, 0.1) is 0 Å². The maximum absolute atomic E-state index is 11.7. The Labute approximate surface area is 112 Å². The average Bonchev–Trinajstić information content (AvgIpc) is 2.36. The molecule has 0 saturated carbocycles. The van der Waals surface area contributed by atoms with Crippen molar-refractivity contribution in [3.63, 3.8) is 0 Å². The van der Waals surface area contributed by atoms with Crippen molar-refractivity contribution in [2.24, 2.45) is 5.92 Å². The molecule has 1 aromatic rings. The van der Waals surface area contributed by atoms with Gasteiger partial charge in [-0.2, -0.15) is 0 Å². The molecule has 0 heterocycles. The van der Waals surface area contributed by atoms with Crippen molar-refractivity contribution in [1.29, 1.82) is 0 Å². The Morgan fingerprint density at radius 2 is 2.05 bits per heavy atom. The lowest BCUT2D eigenvalue weighted by Crippen LogP contribution is -2.31. The van der Waals surface area contributed by atoms with Crippen LogP contribution in [0.2, 0.25) is 0 Å². The van der Waals surface area contributed by atoms with Crippen molar-refractivity contribution in [3.8, 4) is 5.75 Å². The van der Waals surface area contributed by atoms with Gasteiger partial charge in [0.25, 0.3) is 5.91 Å². The summed E-state index contributed by atoms with van der Waals surface area (Å²) in [5.74, 6) is -0.881. The number of hydrogen-bond donors (Lipinski definition) is 2. The summed E-state index contributed by atoms with van der Waals surface area (Å²) in [5, 5.41) is 12.2. The fourth-order valence-corrected chi connectivity index (χ4v) is 1.39. The number of phenolic OH excluding ortho intramolecular Hbond substituents is 1. The molecule has 0 aromatic heterocycles. The largest absolute Gasteiger partial charge is 0.507 e. The van der Waals surface area contributed by atoms with Crippen molar-refractivity contribution in [3.05, 3.63) is 29.3 Å². The Hall–Kier alpha value is -2.04. The second-order valence-electron chi connectivity index (χ2n) is 4.79. The molecule has 0 bridgehead atoms. The van der Waals surface area contributed by atoms with E-state index in [4.69, 9.17) is 4.74 Å². The molecule has 0 fully saturated rings. The number of aryl methyl sites for hydroxylation is 1. The number of carbonyl (C=O) groups excluding carboxylic acids is 2. The van der Waals surface area contributed by atoms with Crippen molar-refractivity contribution >= 4 is 11.9 Å². The maximum Gasteiger partial charge on any atom is 0.342 e. The molecule has 0 aliphatic rings. The third-order valence-electron chi connectivity index (χ3n) is 2.41. The van der Waals surface area contributed by atoms with Crippen LogP contribution in [-0.4, -0.2) is 30.1 Å².